The Balaban J connectivity index is 2.21. The van der Waals surface area contributed by atoms with Crippen LogP contribution in [0.25, 0.3) is 0 Å². The Morgan fingerprint density at radius 3 is 2.22 bits per heavy atom. The molecule has 0 aliphatic rings. The van der Waals surface area contributed by atoms with Crippen molar-refractivity contribution in [2.75, 3.05) is 5.32 Å². The first-order chi connectivity index (χ1) is 10.9. The van der Waals surface area contributed by atoms with Gasteiger partial charge in [0.25, 0.3) is 0 Å². The highest BCUT2D eigenvalue weighted by Gasteiger charge is 2.05. The molecule has 0 aliphatic heterocycles. The lowest BCUT2D eigenvalue weighted by atomic mass is 10.0. The zero-order valence-corrected chi connectivity index (χ0v) is 15.4. The number of rotatable bonds is 6. The molecule has 7 heteroatoms. The second-order valence-electron chi connectivity index (χ2n) is 5.91. The number of anilines is 1. The third-order valence-electron chi connectivity index (χ3n) is 3.19. The average molecular weight is 357 g/mol. The van der Waals surface area contributed by atoms with Crippen molar-refractivity contribution >= 4 is 40.3 Å². The van der Waals surface area contributed by atoms with Crippen molar-refractivity contribution in [3.05, 3.63) is 30.1 Å². The van der Waals surface area contributed by atoms with Crippen LogP contribution >= 0.6 is 24.4 Å². The largest absolute Gasteiger partial charge is 0.359 e. The molecule has 0 heterocycles. The molecule has 1 aromatic carbocycles. The van der Waals surface area contributed by atoms with Gasteiger partial charge >= 0.3 is 0 Å². The molecule has 0 aromatic heterocycles. The summed E-state index contributed by atoms with van der Waals surface area (Å²) in [4.78, 5) is 0. The molecule has 0 spiro atoms. The Hall–Kier alpha value is -1.47. The lowest BCUT2D eigenvalue weighted by Crippen LogP contribution is -2.50. The second kappa shape index (κ2) is 10.3. The highest BCUT2D eigenvalue weighted by atomic mass is 32.1. The molecule has 0 radical (unpaired) electrons. The number of thiocarbonyl (C=S) groups is 2. The Kier molecular flexibility index (Phi) is 8.79. The lowest BCUT2D eigenvalue weighted by molar-refractivity contribution is 0.492. The first-order valence-corrected chi connectivity index (χ1v) is 8.57. The molecule has 0 amide bonds. The van der Waals surface area contributed by atoms with Crippen LogP contribution in [0.2, 0.25) is 0 Å². The molecule has 23 heavy (non-hydrogen) atoms. The van der Waals surface area contributed by atoms with Gasteiger partial charge in [-0.05, 0) is 68.0 Å². The molecule has 0 saturated carbocycles. The summed E-state index contributed by atoms with van der Waals surface area (Å²) in [5, 5.41) is 6.98. The Morgan fingerprint density at radius 2 is 1.61 bits per heavy atom. The molecule has 128 valence electrons. The summed E-state index contributed by atoms with van der Waals surface area (Å²) >= 11 is 10.3. The zero-order valence-electron chi connectivity index (χ0n) is 13.8. The normalized spacial score (nSPS) is 11.7. The van der Waals surface area contributed by atoms with E-state index in [1.165, 1.54) is 25.0 Å². The Bertz CT molecular complexity index is 505. The van der Waals surface area contributed by atoms with Crippen molar-refractivity contribution in [3.8, 4) is 0 Å². The topological polar surface area (TPSA) is 48.1 Å². The number of hydrogen-bond acceptors (Lipinski definition) is 2. The summed E-state index contributed by atoms with van der Waals surface area (Å²) in [6.45, 7) is 6.55. The predicted molar refractivity (Wildman–Crippen MR) is 103 cm³/mol. The molecule has 4 nitrogen and oxygen atoms in total. The smallest absolute Gasteiger partial charge is 0.189 e. The van der Waals surface area contributed by atoms with E-state index in [1.54, 1.807) is 12.1 Å². The average Bonchev–Trinajstić information content (AvgIpc) is 2.47. The van der Waals surface area contributed by atoms with E-state index in [1.807, 2.05) is 0 Å². The molecular formula is C16H25FN4S2. The minimum absolute atomic E-state index is 0.288. The van der Waals surface area contributed by atoms with Crippen LogP contribution < -0.4 is 21.5 Å². The van der Waals surface area contributed by atoms with Crippen LogP contribution in [0.15, 0.2) is 24.3 Å². The molecule has 0 fully saturated rings. The molecule has 1 atom stereocenters. The lowest BCUT2D eigenvalue weighted by Gasteiger charge is -2.18. The minimum Gasteiger partial charge on any atom is -0.359 e. The first-order valence-electron chi connectivity index (χ1n) is 7.76. The van der Waals surface area contributed by atoms with E-state index in [0.29, 0.717) is 22.0 Å². The number of hydrogen-bond donors (Lipinski definition) is 4. The number of nitrogens with one attached hydrogen (secondary N) is 4. The molecule has 0 bridgehead atoms. The van der Waals surface area contributed by atoms with Crippen molar-refractivity contribution in [1.29, 1.82) is 0 Å². The quantitative estimate of drug-likeness (QED) is 0.461. The maximum atomic E-state index is 12.8. The van der Waals surface area contributed by atoms with Crippen LogP contribution in [0.4, 0.5) is 10.1 Å². The van der Waals surface area contributed by atoms with Gasteiger partial charge in [0.2, 0.25) is 0 Å². The molecule has 0 aliphatic carbocycles. The van der Waals surface area contributed by atoms with Crippen LogP contribution in [-0.2, 0) is 0 Å². The zero-order chi connectivity index (χ0) is 17.2. The van der Waals surface area contributed by atoms with Crippen LogP contribution in [0.3, 0.4) is 0 Å². The maximum absolute atomic E-state index is 12.8. The van der Waals surface area contributed by atoms with Crippen molar-refractivity contribution in [2.45, 2.75) is 46.1 Å². The van der Waals surface area contributed by atoms with Gasteiger partial charge in [-0.15, -0.1) is 0 Å². The highest BCUT2D eigenvalue weighted by Crippen LogP contribution is 2.08. The number of hydrazine groups is 1. The van der Waals surface area contributed by atoms with Crippen LogP contribution in [-0.4, -0.2) is 16.3 Å². The van der Waals surface area contributed by atoms with Crippen molar-refractivity contribution in [1.82, 2.24) is 16.2 Å². The van der Waals surface area contributed by atoms with Crippen LogP contribution in [0, 0.1) is 11.7 Å². The first kappa shape index (κ1) is 19.6. The number of halogens is 1. The molecule has 1 aromatic rings. The van der Waals surface area contributed by atoms with Gasteiger partial charge in [0.05, 0.1) is 0 Å². The van der Waals surface area contributed by atoms with Gasteiger partial charge in [-0.3, -0.25) is 10.9 Å². The van der Waals surface area contributed by atoms with Crippen LogP contribution in [0.5, 0.6) is 0 Å². The third kappa shape index (κ3) is 9.30. The fourth-order valence-corrected chi connectivity index (χ4v) is 2.39. The van der Waals surface area contributed by atoms with Gasteiger partial charge in [-0.2, -0.15) is 0 Å². The molecule has 1 rings (SSSR count). The van der Waals surface area contributed by atoms with E-state index in [4.69, 9.17) is 24.4 Å². The van der Waals surface area contributed by atoms with Gasteiger partial charge < -0.3 is 10.6 Å². The molecule has 0 unspecified atom stereocenters. The fraction of sp³-hybridized carbons (Fsp3) is 0.500. The predicted octanol–water partition coefficient (Wildman–Crippen LogP) is 3.71. The van der Waals surface area contributed by atoms with E-state index in [2.05, 4.69) is 42.3 Å². The molecule has 4 N–H and O–H groups in total. The standard InChI is InChI=1S/C16H25FN4S2/c1-11(2)5-4-6-12(3)18-15(22)20-21-16(23)19-14-9-7-13(17)8-10-14/h7-12H,4-6H2,1-3H3,(H2,18,20,22)(H2,19,21,23)/t12-/m1/s1. The van der Waals surface area contributed by atoms with E-state index in [0.717, 1.165) is 12.3 Å². The monoisotopic (exact) mass is 356 g/mol. The summed E-state index contributed by atoms with van der Waals surface area (Å²) < 4.78 is 12.8. The highest BCUT2D eigenvalue weighted by molar-refractivity contribution is 7.80. The summed E-state index contributed by atoms with van der Waals surface area (Å²) in [7, 11) is 0. The third-order valence-corrected chi connectivity index (χ3v) is 3.61. The van der Waals surface area contributed by atoms with Gasteiger partial charge in [0.15, 0.2) is 10.2 Å². The second-order valence-corrected chi connectivity index (χ2v) is 6.73. The maximum Gasteiger partial charge on any atom is 0.189 e. The Labute approximate surface area is 148 Å². The molecular weight excluding hydrogens is 331 g/mol. The van der Waals surface area contributed by atoms with Crippen molar-refractivity contribution in [3.63, 3.8) is 0 Å². The molecule has 0 saturated heterocycles. The fourth-order valence-electron chi connectivity index (χ4n) is 1.97. The van der Waals surface area contributed by atoms with Gasteiger partial charge in [0.1, 0.15) is 5.82 Å². The summed E-state index contributed by atoms with van der Waals surface area (Å²) in [6, 6.07) is 6.24. The van der Waals surface area contributed by atoms with E-state index in [9.17, 15) is 4.39 Å². The summed E-state index contributed by atoms with van der Waals surface area (Å²) in [5.74, 6) is 0.438. The van der Waals surface area contributed by atoms with Gasteiger partial charge in [-0.25, -0.2) is 4.39 Å². The van der Waals surface area contributed by atoms with E-state index >= 15 is 0 Å². The van der Waals surface area contributed by atoms with Gasteiger partial charge in [-0.1, -0.05) is 26.7 Å². The minimum atomic E-state index is -0.288. The summed E-state index contributed by atoms with van der Waals surface area (Å²) in [6.07, 6.45) is 3.46. The summed E-state index contributed by atoms with van der Waals surface area (Å²) in [5.41, 5.74) is 6.34. The van der Waals surface area contributed by atoms with Crippen molar-refractivity contribution in [2.24, 2.45) is 5.92 Å². The SMILES string of the molecule is CC(C)CCC[C@@H](C)NC(=S)NNC(=S)Nc1ccc(F)cc1. The van der Waals surface area contributed by atoms with E-state index in [-0.39, 0.29) is 5.82 Å². The number of benzene rings is 1. The Morgan fingerprint density at radius 1 is 1.00 bits per heavy atom. The van der Waals surface area contributed by atoms with Gasteiger partial charge in [0, 0.05) is 11.7 Å². The van der Waals surface area contributed by atoms with Crippen LogP contribution in [0.1, 0.15) is 40.0 Å². The van der Waals surface area contributed by atoms with E-state index < -0.39 is 0 Å². The van der Waals surface area contributed by atoms with Crippen molar-refractivity contribution < 1.29 is 4.39 Å².